The van der Waals surface area contributed by atoms with Crippen LogP contribution in [0, 0.1) is 0 Å². The molecule has 6 heteroatoms. The summed E-state index contributed by atoms with van der Waals surface area (Å²) in [6.45, 7) is 2.12. The van der Waals surface area contributed by atoms with Gasteiger partial charge in [0.15, 0.2) is 0 Å². The highest BCUT2D eigenvalue weighted by atomic mass is 32.2. The Bertz CT molecular complexity index is 464. The van der Waals surface area contributed by atoms with Crippen molar-refractivity contribution in [2.45, 2.75) is 17.3 Å². The maximum absolute atomic E-state index is 5.64. The highest BCUT2D eigenvalue weighted by Gasteiger charge is 2.11. The lowest BCUT2D eigenvalue weighted by molar-refractivity contribution is 0.663. The van der Waals surface area contributed by atoms with Crippen LogP contribution in [0.4, 0.5) is 5.69 Å². The Hall–Kier alpha value is -1.56. The predicted octanol–water partition coefficient (Wildman–Crippen LogP) is 1.65. The third-order valence-electron chi connectivity index (χ3n) is 2.27. The first-order chi connectivity index (χ1) is 7.66. The van der Waals surface area contributed by atoms with Crippen LogP contribution in [0.1, 0.15) is 17.7 Å². The number of aromatic nitrogens is 4. The van der Waals surface area contributed by atoms with E-state index in [1.54, 1.807) is 16.4 Å². The number of aryl methyl sites for hydroxylation is 1. The molecule has 0 aliphatic rings. The van der Waals surface area contributed by atoms with E-state index in [0.717, 1.165) is 10.8 Å². The molecule has 0 aliphatic heterocycles. The van der Waals surface area contributed by atoms with Gasteiger partial charge >= 0.3 is 0 Å². The molecule has 84 valence electrons. The van der Waals surface area contributed by atoms with Crippen molar-refractivity contribution in [1.29, 1.82) is 0 Å². The van der Waals surface area contributed by atoms with Crippen molar-refractivity contribution in [3.8, 4) is 0 Å². The van der Waals surface area contributed by atoms with Crippen LogP contribution in [-0.2, 0) is 7.05 Å². The molecule has 0 radical (unpaired) electrons. The Balaban J connectivity index is 2.11. The second kappa shape index (κ2) is 4.52. The molecular weight excluding hydrogens is 222 g/mol. The number of nitrogens with two attached hydrogens (primary N) is 1. The van der Waals surface area contributed by atoms with Crippen molar-refractivity contribution >= 4 is 17.4 Å². The van der Waals surface area contributed by atoms with Gasteiger partial charge in [0.05, 0.1) is 0 Å². The fraction of sp³-hybridized carbons (Fsp3) is 0.300. The van der Waals surface area contributed by atoms with E-state index in [2.05, 4.69) is 22.4 Å². The van der Waals surface area contributed by atoms with Gasteiger partial charge in [-0.2, -0.15) is 0 Å². The number of nitrogen functional groups attached to an aromatic ring is 1. The first-order valence-electron chi connectivity index (χ1n) is 4.91. The topological polar surface area (TPSA) is 69.6 Å². The van der Waals surface area contributed by atoms with Crippen LogP contribution in [-0.4, -0.2) is 20.2 Å². The van der Waals surface area contributed by atoms with Crippen LogP contribution in [0.15, 0.2) is 29.4 Å². The van der Waals surface area contributed by atoms with Gasteiger partial charge < -0.3 is 5.73 Å². The van der Waals surface area contributed by atoms with Crippen molar-refractivity contribution in [2.75, 3.05) is 5.73 Å². The zero-order chi connectivity index (χ0) is 11.5. The van der Waals surface area contributed by atoms with Crippen molar-refractivity contribution in [3.63, 3.8) is 0 Å². The zero-order valence-electron chi connectivity index (χ0n) is 9.16. The normalized spacial score (nSPS) is 12.6. The second-order valence-electron chi connectivity index (χ2n) is 3.51. The Morgan fingerprint density at radius 3 is 2.56 bits per heavy atom. The molecule has 2 rings (SSSR count). The largest absolute Gasteiger partial charge is 0.399 e. The van der Waals surface area contributed by atoms with E-state index in [0.29, 0.717) is 5.25 Å². The van der Waals surface area contributed by atoms with Gasteiger partial charge in [-0.1, -0.05) is 23.9 Å². The number of rotatable bonds is 3. The minimum atomic E-state index is 0.297. The molecule has 1 aromatic heterocycles. The maximum atomic E-state index is 5.64. The first-order valence-corrected chi connectivity index (χ1v) is 5.79. The summed E-state index contributed by atoms with van der Waals surface area (Å²) in [6, 6.07) is 7.86. The molecule has 1 aromatic carbocycles. The molecular formula is C10H13N5S. The molecule has 0 bridgehead atoms. The number of hydrogen-bond acceptors (Lipinski definition) is 5. The number of nitrogens with zero attached hydrogens (tertiary/aromatic N) is 4. The van der Waals surface area contributed by atoms with E-state index in [-0.39, 0.29) is 0 Å². The van der Waals surface area contributed by atoms with Crippen molar-refractivity contribution in [3.05, 3.63) is 29.8 Å². The van der Waals surface area contributed by atoms with E-state index in [4.69, 9.17) is 5.73 Å². The monoisotopic (exact) mass is 235 g/mol. The van der Waals surface area contributed by atoms with Crippen LogP contribution in [0.2, 0.25) is 0 Å². The van der Waals surface area contributed by atoms with Gasteiger partial charge in [-0.25, -0.2) is 4.68 Å². The molecule has 0 fully saturated rings. The number of benzene rings is 1. The van der Waals surface area contributed by atoms with Gasteiger partial charge in [0, 0.05) is 18.0 Å². The molecule has 1 unspecified atom stereocenters. The summed E-state index contributed by atoms with van der Waals surface area (Å²) in [5, 5.41) is 12.4. The Kier molecular flexibility index (Phi) is 3.09. The molecule has 2 aromatic rings. The molecule has 5 nitrogen and oxygen atoms in total. The zero-order valence-corrected chi connectivity index (χ0v) is 9.98. The molecule has 0 saturated heterocycles. The van der Waals surface area contributed by atoms with Gasteiger partial charge in [0.25, 0.3) is 0 Å². The molecule has 1 atom stereocenters. The van der Waals surface area contributed by atoms with Gasteiger partial charge in [-0.3, -0.25) is 0 Å². The lowest BCUT2D eigenvalue weighted by Gasteiger charge is -2.10. The van der Waals surface area contributed by atoms with Crippen LogP contribution < -0.4 is 5.73 Å². The predicted molar refractivity (Wildman–Crippen MR) is 63.9 cm³/mol. The Labute approximate surface area is 98.0 Å². The number of hydrogen-bond donors (Lipinski definition) is 1. The molecule has 2 N–H and O–H groups in total. The lowest BCUT2D eigenvalue weighted by atomic mass is 10.1. The average molecular weight is 235 g/mol. The molecule has 0 amide bonds. The molecule has 0 saturated carbocycles. The van der Waals surface area contributed by atoms with Crippen molar-refractivity contribution in [1.82, 2.24) is 20.2 Å². The molecule has 1 heterocycles. The minimum Gasteiger partial charge on any atom is -0.399 e. The fourth-order valence-electron chi connectivity index (χ4n) is 1.31. The molecule has 0 aliphatic carbocycles. The average Bonchev–Trinajstić information content (AvgIpc) is 2.65. The van der Waals surface area contributed by atoms with Crippen molar-refractivity contribution in [2.24, 2.45) is 7.05 Å². The lowest BCUT2D eigenvalue weighted by Crippen LogP contribution is -1.96. The summed E-state index contributed by atoms with van der Waals surface area (Å²) in [5.74, 6) is 0. The van der Waals surface area contributed by atoms with Gasteiger partial charge in [-0.15, -0.1) is 5.10 Å². The van der Waals surface area contributed by atoms with E-state index < -0.39 is 0 Å². The van der Waals surface area contributed by atoms with Crippen LogP contribution >= 0.6 is 11.8 Å². The third kappa shape index (κ3) is 2.33. The smallest absolute Gasteiger partial charge is 0.209 e. The maximum Gasteiger partial charge on any atom is 0.209 e. The molecule has 0 spiro atoms. The van der Waals surface area contributed by atoms with Crippen LogP contribution in [0.25, 0.3) is 0 Å². The van der Waals surface area contributed by atoms with E-state index in [9.17, 15) is 0 Å². The quantitative estimate of drug-likeness (QED) is 0.647. The highest BCUT2D eigenvalue weighted by Crippen LogP contribution is 2.32. The first kappa shape index (κ1) is 10.9. The van der Waals surface area contributed by atoms with E-state index in [1.165, 1.54) is 5.56 Å². The SMILES string of the molecule is CC(Sc1nnnn1C)c1ccc(N)cc1. The van der Waals surface area contributed by atoms with E-state index in [1.807, 2.05) is 31.3 Å². The van der Waals surface area contributed by atoms with Gasteiger partial charge in [0.2, 0.25) is 5.16 Å². The summed E-state index contributed by atoms with van der Waals surface area (Å²) in [5.41, 5.74) is 7.63. The van der Waals surface area contributed by atoms with E-state index >= 15 is 0 Å². The third-order valence-corrected chi connectivity index (χ3v) is 3.45. The number of tetrazole rings is 1. The fourth-order valence-corrected chi connectivity index (χ4v) is 2.20. The van der Waals surface area contributed by atoms with Gasteiger partial charge in [0.1, 0.15) is 0 Å². The summed E-state index contributed by atoms with van der Waals surface area (Å²) >= 11 is 1.62. The van der Waals surface area contributed by atoms with Gasteiger partial charge in [-0.05, 0) is 35.0 Å². The molecule has 16 heavy (non-hydrogen) atoms. The number of anilines is 1. The summed E-state index contributed by atoms with van der Waals surface area (Å²) in [4.78, 5) is 0. The number of thioether (sulfide) groups is 1. The van der Waals surface area contributed by atoms with Crippen LogP contribution in [0.3, 0.4) is 0 Å². The minimum absolute atomic E-state index is 0.297. The van der Waals surface area contributed by atoms with Crippen molar-refractivity contribution < 1.29 is 0 Å². The second-order valence-corrected chi connectivity index (χ2v) is 4.82. The summed E-state index contributed by atoms with van der Waals surface area (Å²) in [6.07, 6.45) is 0. The summed E-state index contributed by atoms with van der Waals surface area (Å²) in [7, 11) is 1.83. The summed E-state index contributed by atoms with van der Waals surface area (Å²) < 4.78 is 1.67. The standard InChI is InChI=1S/C10H13N5S/c1-7(8-3-5-9(11)6-4-8)16-10-12-13-14-15(10)2/h3-7H,11H2,1-2H3. The highest BCUT2D eigenvalue weighted by molar-refractivity contribution is 7.99. The van der Waals surface area contributed by atoms with Crippen LogP contribution in [0.5, 0.6) is 0 Å². The Morgan fingerprint density at radius 2 is 2.00 bits per heavy atom. The Morgan fingerprint density at radius 1 is 1.31 bits per heavy atom.